The molecule has 1 nitrogen and oxygen atoms in total. The van der Waals surface area contributed by atoms with Crippen LogP contribution in [0.15, 0.2) is 0 Å². The molecule has 3 fully saturated rings. The Morgan fingerprint density at radius 2 is 1.38 bits per heavy atom. The number of ether oxygens (including phenoxy) is 1. The largest absolute Gasteiger partial charge is 0.375 e. The van der Waals surface area contributed by atoms with Crippen LogP contribution >= 0.6 is 22.6 Å². The van der Waals surface area contributed by atoms with Crippen LogP contribution in [0.1, 0.15) is 71.1 Å². The van der Waals surface area contributed by atoms with Crippen LogP contribution in [0.2, 0.25) is 0 Å². The van der Waals surface area contributed by atoms with Gasteiger partial charge in [-0.05, 0) is 87.9 Å². The third-order valence-corrected chi connectivity index (χ3v) is 8.16. The van der Waals surface area contributed by atoms with Crippen LogP contribution in [0, 0.1) is 23.7 Å². The summed E-state index contributed by atoms with van der Waals surface area (Å²) in [4.78, 5) is 0. The SMILES string of the molecule is CC1CCC(OCC2CCC(C3CCC(I)CC3)CC2)C(F)C1F. The average molecular weight is 454 g/mol. The number of rotatable bonds is 4. The lowest BCUT2D eigenvalue weighted by Gasteiger charge is -2.38. The molecule has 0 aliphatic heterocycles. The number of hydrogen-bond acceptors (Lipinski definition) is 1. The summed E-state index contributed by atoms with van der Waals surface area (Å²) >= 11 is 2.60. The van der Waals surface area contributed by atoms with Gasteiger partial charge in [0.1, 0.15) is 6.17 Å². The molecule has 0 spiro atoms. The van der Waals surface area contributed by atoms with E-state index < -0.39 is 18.4 Å². The van der Waals surface area contributed by atoms with E-state index in [0.29, 0.717) is 18.9 Å². The fraction of sp³-hybridized carbons (Fsp3) is 1.00. The zero-order valence-electron chi connectivity index (χ0n) is 14.9. The summed E-state index contributed by atoms with van der Waals surface area (Å²) in [6.07, 6.45) is 8.86. The highest BCUT2D eigenvalue weighted by atomic mass is 127. The number of halogens is 3. The van der Waals surface area contributed by atoms with E-state index in [1.54, 1.807) is 6.92 Å². The van der Waals surface area contributed by atoms with Crippen LogP contribution in [0.25, 0.3) is 0 Å². The monoisotopic (exact) mass is 454 g/mol. The quantitative estimate of drug-likeness (QED) is 0.359. The molecule has 24 heavy (non-hydrogen) atoms. The molecule has 0 aromatic carbocycles. The zero-order chi connectivity index (χ0) is 17.1. The van der Waals surface area contributed by atoms with Crippen molar-refractivity contribution in [1.29, 1.82) is 0 Å². The van der Waals surface area contributed by atoms with Gasteiger partial charge in [0.2, 0.25) is 0 Å². The molecule has 0 aromatic rings. The van der Waals surface area contributed by atoms with Gasteiger partial charge < -0.3 is 4.74 Å². The van der Waals surface area contributed by atoms with Crippen molar-refractivity contribution in [3.8, 4) is 0 Å². The third-order valence-electron chi connectivity index (χ3n) is 6.91. The van der Waals surface area contributed by atoms with E-state index in [4.69, 9.17) is 4.74 Å². The van der Waals surface area contributed by atoms with Crippen LogP contribution in [0.3, 0.4) is 0 Å². The smallest absolute Gasteiger partial charge is 0.157 e. The minimum Gasteiger partial charge on any atom is -0.375 e. The van der Waals surface area contributed by atoms with Crippen molar-refractivity contribution in [3.63, 3.8) is 0 Å². The molecule has 0 aromatic heterocycles. The highest BCUT2D eigenvalue weighted by molar-refractivity contribution is 14.1. The molecule has 4 unspecified atom stereocenters. The molecule has 3 rings (SSSR count). The van der Waals surface area contributed by atoms with Gasteiger partial charge in [-0.25, -0.2) is 8.78 Å². The van der Waals surface area contributed by atoms with Crippen LogP contribution in [-0.2, 0) is 4.74 Å². The molecular weight excluding hydrogens is 421 g/mol. The normalized spacial score (nSPS) is 47.5. The van der Waals surface area contributed by atoms with Gasteiger partial charge in [0.25, 0.3) is 0 Å². The second-order valence-corrected chi connectivity index (χ2v) is 10.4. The maximum Gasteiger partial charge on any atom is 0.157 e. The van der Waals surface area contributed by atoms with E-state index in [1.165, 1.54) is 51.4 Å². The fourth-order valence-corrected chi connectivity index (χ4v) is 5.79. The Labute approximate surface area is 159 Å². The van der Waals surface area contributed by atoms with Gasteiger partial charge in [-0.3, -0.25) is 0 Å². The van der Waals surface area contributed by atoms with Gasteiger partial charge >= 0.3 is 0 Å². The predicted octanol–water partition coefficient (Wildman–Crippen LogP) is 6.28. The Morgan fingerprint density at radius 3 is 2.00 bits per heavy atom. The first-order valence-electron chi connectivity index (χ1n) is 10.1. The van der Waals surface area contributed by atoms with Crippen molar-refractivity contribution in [2.75, 3.05) is 6.61 Å². The van der Waals surface area contributed by atoms with E-state index in [1.807, 2.05) is 0 Å². The van der Waals surface area contributed by atoms with Gasteiger partial charge in [-0.15, -0.1) is 0 Å². The van der Waals surface area contributed by atoms with Crippen molar-refractivity contribution in [3.05, 3.63) is 0 Å². The minimum absolute atomic E-state index is 0.159. The Morgan fingerprint density at radius 1 is 0.792 bits per heavy atom. The van der Waals surface area contributed by atoms with Crippen molar-refractivity contribution in [2.24, 2.45) is 23.7 Å². The Kier molecular flexibility index (Phi) is 7.21. The third kappa shape index (κ3) is 4.83. The van der Waals surface area contributed by atoms with Gasteiger partial charge in [0, 0.05) is 10.5 Å². The summed E-state index contributed by atoms with van der Waals surface area (Å²) in [7, 11) is 0. The molecule has 3 aliphatic rings. The molecule has 0 heterocycles. The van der Waals surface area contributed by atoms with Crippen LogP contribution < -0.4 is 0 Å². The minimum atomic E-state index is -1.42. The van der Waals surface area contributed by atoms with Crippen LogP contribution in [0.5, 0.6) is 0 Å². The van der Waals surface area contributed by atoms with Gasteiger partial charge in [0.15, 0.2) is 6.17 Å². The van der Waals surface area contributed by atoms with Crippen molar-refractivity contribution >= 4 is 22.6 Å². The molecule has 0 radical (unpaired) electrons. The highest BCUT2D eigenvalue weighted by Gasteiger charge is 2.39. The fourth-order valence-electron chi connectivity index (χ4n) is 5.08. The van der Waals surface area contributed by atoms with Crippen LogP contribution in [0.4, 0.5) is 8.78 Å². The Bertz CT molecular complexity index is 378. The first-order chi connectivity index (χ1) is 11.5. The summed E-state index contributed by atoms with van der Waals surface area (Å²) in [5.41, 5.74) is 0. The summed E-state index contributed by atoms with van der Waals surface area (Å²) in [6, 6.07) is 0. The Balaban J connectivity index is 1.37. The molecular formula is C20H33F2IO. The maximum absolute atomic E-state index is 14.1. The first-order valence-corrected chi connectivity index (χ1v) is 11.3. The molecule has 4 atom stereocenters. The predicted molar refractivity (Wildman–Crippen MR) is 103 cm³/mol. The van der Waals surface area contributed by atoms with E-state index >= 15 is 0 Å². The lowest BCUT2D eigenvalue weighted by molar-refractivity contribution is -0.0840. The lowest BCUT2D eigenvalue weighted by Crippen LogP contribution is -2.42. The number of hydrogen-bond donors (Lipinski definition) is 0. The number of alkyl halides is 3. The molecule has 4 heteroatoms. The standard InChI is InChI=1S/C20H33F2IO/c1-13-2-11-18(20(22)19(13)21)24-12-14-3-5-15(6-4-14)16-7-9-17(23)10-8-16/h13-20H,2-12H2,1H3. The van der Waals surface area contributed by atoms with E-state index in [9.17, 15) is 8.78 Å². The molecule has 0 saturated heterocycles. The first kappa shape index (κ1) is 19.3. The molecule has 0 amide bonds. The van der Waals surface area contributed by atoms with Gasteiger partial charge in [-0.2, -0.15) is 0 Å². The molecule has 0 bridgehead atoms. The Hall–Kier alpha value is 0.550. The maximum atomic E-state index is 14.1. The van der Waals surface area contributed by atoms with E-state index in [0.717, 1.165) is 22.2 Å². The van der Waals surface area contributed by atoms with Gasteiger partial charge in [-0.1, -0.05) is 29.5 Å². The summed E-state index contributed by atoms with van der Waals surface area (Å²) in [5, 5.41) is 0. The van der Waals surface area contributed by atoms with E-state index in [-0.39, 0.29) is 5.92 Å². The molecule has 3 saturated carbocycles. The highest BCUT2D eigenvalue weighted by Crippen LogP contribution is 2.41. The average Bonchev–Trinajstić information content (AvgIpc) is 2.60. The molecule has 140 valence electrons. The summed E-state index contributed by atoms with van der Waals surface area (Å²) < 4.78 is 34.6. The van der Waals surface area contributed by atoms with Crippen LogP contribution in [-0.4, -0.2) is 29.0 Å². The van der Waals surface area contributed by atoms with Crippen molar-refractivity contribution < 1.29 is 13.5 Å². The molecule has 3 aliphatic carbocycles. The lowest BCUT2D eigenvalue weighted by atomic mass is 9.71. The van der Waals surface area contributed by atoms with Crippen molar-refractivity contribution in [2.45, 2.75) is 93.5 Å². The van der Waals surface area contributed by atoms with Crippen molar-refractivity contribution in [1.82, 2.24) is 0 Å². The second-order valence-electron chi connectivity index (χ2n) is 8.61. The van der Waals surface area contributed by atoms with Gasteiger partial charge in [0.05, 0.1) is 6.10 Å². The summed E-state index contributed by atoms with van der Waals surface area (Å²) in [6.45, 7) is 2.44. The summed E-state index contributed by atoms with van der Waals surface area (Å²) in [5.74, 6) is 2.25. The zero-order valence-corrected chi connectivity index (χ0v) is 17.1. The van der Waals surface area contributed by atoms with E-state index in [2.05, 4.69) is 22.6 Å². The topological polar surface area (TPSA) is 9.23 Å². The second kappa shape index (κ2) is 8.96. The molecule has 0 N–H and O–H groups in total.